The van der Waals surface area contributed by atoms with E-state index in [2.05, 4.69) is 22.3 Å². The van der Waals surface area contributed by atoms with Crippen molar-refractivity contribution >= 4 is 17.7 Å². The number of rotatable bonds is 7. The first kappa shape index (κ1) is 19.1. The Bertz CT molecular complexity index is 896. The Labute approximate surface area is 162 Å². The third-order valence-corrected chi connectivity index (χ3v) is 5.12. The van der Waals surface area contributed by atoms with Crippen LogP contribution < -0.4 is 0 Å². The van der Waals surface area contributed by atoms with Crippen LogP contribution in [-0.2, 0) is 17.9 Å². The van der Waals surface area contributed by atoms with E-state index in [-0.39, 0.29) is 17.5 Å². The Morgan fingerprint density at radius 2 is 1.78 bits per heavy atom. The lowest BCUT2D eigenvalue weighted by molar-refractivity contribution is -0.127. The number of hydrogen-bond acceptors (Lipinski definition) is 4. The number of nitrogens with zero attached hydrogens (tertiary/aromatic N) is 4. The summed E-state index contributed by atoms with van der Waals surface area (Å²) >= 11 is 1.37. The molecule has 0 fully saturated rings. The number of carbonyl (C=O) groups is 1. The summed E-state index contributed by atoms with van der Waals surface area (Å²) in [4.78, 5) is 14.1. The first-order chi connectivity index (χ1) is 13.0. The van der Waals surface area contributed by atoms with Gasteiger partial charge in [0.05, 0.1) is 12.3 Å². The van der Waals surface area contributed by atoms with Crippen molar-refractivity contribution in [2.45, 2.75) is 25.2 Å². The van der Waals surface area contributed by atoms with Gasteiger partial charge in [0.2, 0.25) is 5.91 Å². The summed E-state index contributed by atoms with van der Waals surface area (Å²) in [6.07, 6.45) is 0. The topological polar surface area (TPSA) is 51.0 Å². The number of halogens is 1. The Morgan fingerprint density at radius 3 is 2.48 bits per heavy atom. The van der Waals surface area contributed by atoms with E-state index in [1.165, 1.54) is 23.9 Å². The molecular formula is C20H21FN4OS. The van der Waals surface area contributed by atoms with Crippen molar-refractivity contribution in [2.24, 2.45) is 0 Å². The lowest BCUT2D eigenvalue weighted by Crippen LogP contribution is -2.28. The van der Waals surface area contributed by atoms with Gasteiger partial charge >= 0.3 is 0 Å². The van der Waals surface area contributed by atoms with Gasteiger partial charge in [0.15, 0.2) is 5.16 Å². The van der Waals surface area contributed by atoms with Gasteiger partial charge in [-0.1, -0.05) is 54.2 Å². The van der Waals surface area contributed by atoms with Gasteiger partial charge in [-0.05, 0) is 30.2 Å². The van der Waals surface area contributed by atoms with Gasteiger partial charge in [-0.3, -0.25) is 4.79 Å². The van der Waals surface area contributed by atoms with E-state index in [1.54, 1.807) is 24.1 Å². The van der Waals surface area contributed by atoms with Crippen molar-refractivity contribution in [3.8, 4) is 0 Å². The standard InChI is InChI=1S/C20H21FN4OS/c1-15-22-23-20(25(15)13-16-6-4-3-5-7-16)27-14-19(26)24(2)12-17-8-10-18(21)11-9-17/h3-11H,12-14H2,1-2H3. The van der Waals surface area contributed by atoms with Gasteiger partial charge in [0.25, 0.3) is 0 Å². The van der Waals surface area contributed by atoms with Gasteiger partial charge in [-0.15, -0.1) is 10.2 Å². The van der Waals surface area contributed by atoms with E-state index >= 15 is 0 Å². The summed E-state index contributed by atoms with van der Waals surface area (Å²) in [5.74, 6) is 0.783. The second-order valence-electron chi connectivity index (χ2n) is 6.27. The summed E-state index contributed by atoms with van der Waals surface area (Å²) in [5, 5.41) is 9.07. The average molecular weight is 384 g/mol. The average Bonchev–Trinajstić information content (AvgIpc) is 3.02. The zero-order valence-electron chi connectivity index (χ0n) is 15.3. The summed E-state index contributed by atoms with van der Waals surface area (Å²) in [7, 11) is 1.74. The molecule has 5 nitrogen and oxygen atoms in total. The number of aryl methyl sites for hydroxylation is 1. The van der Waals surface area contributed by atoms with Crippen LogP contribution >= 0.6 is 11.8 Å². The van der Waals surface area contributed by atoms with Crippen molar-refractivity contribution in [2.75, 3.05) is 12.8 Å². The van der Waals surface area contributed by atoms with E-state index in [9.17, 15) is 9.18 Å². The van der Waals surface area contributed by atoms with Crippen LogP contribution in [0, 0.1) is 12.7 Å². The van der Waals surface area contributed by atoms with Gasteiger partial charge in [0, 0.05) is 13.6 Å². The number of hydrogen-bond donors (Lipinski definition) is 0. The molecule has 2 aromatic carbocycles. The fourth-order valence-corrected chi connectivity index (χ4v) is 3.53. The zero-order chi connectivity index (χ0) is 19.2. The van der Waals surface area contributed by atoms with Crippen LogP contribution in [0.25, 0.3) is 0 Å². The molecule has 0 saturated heterocycles. The molecule has 7 heteroatoms. The predicted molar refractivity (Wildman–Crippen MR) is 104 cm³/mol. The molecule has 0 N–H and O–H groups in total. The van der Waals surface area contributed by atoms with Gasteiger partial charge < -0.3 is 9.47 Å². The minimum atomic E-state index is -0.281. The first-order valence-electron chi connectivity index (χ1n) is 8.58. The lowest BCUT2D eigenvalue weighted by Gasteiger charge is -2.17. The van der Waals surface area contributed by atoms with E-state index in [0.29, 0.717) is 13.1 Å². The molecule has 0 aliphatic heterocycles. The zero-order valence-corrected chi connectivity index (χ0v) is 16.1. The quantitative estimate of drug-likeness (QED) is 0.585. The molecule has 0 bridgehead atoms. The van der Waals surface area contributed by atoms with Gasteiger partial charge in [-0.25, -0.2) is 4.39 Å². The summed E-state index contributed by atoms with van der Waals surface area (Å²) < 4.78 is 15.0. The van der Waals surface area contributed by atoms with Crippen LogP contribution in [0.4, 0.5) is 4.39 Å². The Kier molecular flexibility index (Phi) is 6.24. The van der Waals surface area contributed by atoms with Crippen LogP contribution in [-0.4, -0.2) is 38.4 Å². The molecule has 3 aromatic rings. The van der Waals surface area contributed by atoms with Crippen LogP contribution in [0.1, 0.15) is 17.0 Å². The Hall–Kier alpha value is -2.67. The number of thioether (sulfide) groups is 1. The third kappa shape index (κ3) is 5.17. The molecule has 0 spiro atoms. The summed E-state index contributed by atoms with van der Waals surface area (Å²) in [5.41, 5.74) is 2.04. The molecule has 27 heavy (non-hydrogen) atoms. The fraction of sp³-hybridized carbons (Fsp3) is 0.250. The van der Waals surface area contributed by atoms with Crippen molar-refractivity contribution in [1.82, 2.24) is 19.7 Å². The van der Waals surface area contributed by atoms with Crippen molar-refractivity contribution < 1.29 is 9.18 Å². The number of aromatic nitrogens is 3. The monoisotopic (exact) mass is 384 g/mol. The Balaban J connectivity index is 1.59. The maximum atomic E-state index is 13.0. The molecular weight excluding hydrogens is 363 g/mol. The van der Waals surface area contributed by atoms with Crippen LogP contribution in [0.3, 0.4) is 0 Å². The molecule has 140 valence electrons. The first-order valence-corrected chi connectivity index (χ1v) is 9.56. The number of benzene rings is 2. The molecule has 1 aromatic heterocycles. The SMILES string of the molecule is Cc1nnc(SCC(=O)N(C)Cc2ccc(F)cc2)n1Cc1ccccc1. The molecule has 0 saturated carbocycles. The van der Waals surface area contributed by atoms with Crippen LogP contribution in [0.15, 0.2) is 59.8 Å². The predicted octanol–water partition coefficient (Wildman–Crippen LogP) is 3.52. The highest BCUT2D eigenvalue weighted by Gasteiger charge is 2.15. The maximum absolute atomic E-state index is 13.0. The molecule has 0 radical (unpaired) electrons. The number of amides is 1. The minimum absolute atomic E-state index is 0.0174. The lowest BCUT2D eigenvalue weighted by atomic mass is 10.2. The largest absolute Gasteiger partial charge is 0.341 e. The maximum Gasteiger partial charge on any atom is 0.233 e. The molecule has 1 heterocycles. The minimum Gasteiger partial charge on any atom is -0.341 e. The highest BCUT2D eigenvalue weighted by Crippen LogP contribution is 2.19. The van der Waals surface area contributed by atoms with Crippen molar-refractivity contribution in [3.05, 3.63) is 77.4 Å². The fourth-order valence-electron chi connectivity index (χ4n) is 2.60. The van der Waals surface area contributed by atoms with E-state index in [1.807, 2.05) is 29.7 Å². The second kappa shape index (κ2) is 8.81. The Morgan fingerprint density at radius 1 is 1.07 bits per heavy atom. The highest BCUT2D eigenvalue weighted by molar-refractivity contribution is 7.99. The molecule has 3 rings (SSSR count). The van der Waals surface area contributed by atoms with Crippen molar-refractivity contribution in [1.29, 1.82) is 0 Å². The summed E-state index contributed by atoms with van der Waals surface area (Å²) in [6, 6.07) is 16.2. The number of carbonyl (C=O) groups excluding carboxylic acids is 1. The second-order valence-corrected chi connectivity index (χ2v) is 7.21. The van der Waals surface area contributed by atoms with E-state index < -0.39 is 0 Å². The van der Waals surface area contributed by atoms with Crippen molar-refractivity contribution in [3.63, 3.8) is 0 Å². The third-order valence-electron chi connectivity index (χ3n) is 4.17. The molecule has 0 atom stereocenters. The molecule has 1 amide bonds. The summed E-state index contributed by atoms with van der Waals surface area (Å²) in [6.45, 7) is 3.01. The normalized spacial score (nSPS) is 10.8. The van der Waals surface area contributed by atoms with Gasteiger partial charge in [0.1, 0.15) is 11.6 Å². The van der Waals surface area contributed by atoms with Crippen LogP contribution in [0.2, 0.25) is 0 Å². The molecule has 0 unspecified atom stereocenters. The molecule has 0 aliphatic rings. The van der Waals surface area contributed by atoms with E-state index in [0.717, 1.165) is 22.1 Å². The highest BCUT2D eigenvalue weighted by atomic mass is 32.2. The van der Waals surface area contributed by atoms with E-state index in [4.69, 9.17) is 0 Å². The van der Waals surface area contributed by atoms with Gasteiger partial charge in [-0.2, -0.15) is 0 Å². The smallest absolute Gasteiger partial charge is 0.233 e. The van der Waals surface area contributed by atoms with Crippen LogP contribution in [0.5, 0.6) is 0 Å². The molecule has 0 aliphatic carbocycles.